The van der Waals surface area contributed by atoms with E-state index in [1.165, 1.54) is 14.0 Å². The minimum absolute atomic E-state index is 0.0589. The minimum atomic E-state index is -0.941. The summed E-state index contributed by atoms with van der Waals surface area (Å²) in [6.45, 7) is 1.73. The molecule has 8 nitrogen and oxygen atoms in total. The molecule has 0 saturated heterocycles. The number of pyridine rings is 1. The molecule has 0 aliphatic carbocycles. The lowest BCUT2D eigenvalue weighted by Crippen LogP contribution is -2.29. The second-order valence-electron chi connectivity index (χ2n) is 3.73. The number of hydrogen-bond donors (Lipinski definition) is 0. The van der Waals surface area contributed by atoms with Gasteiger partial charge < -0.3 is 9.47 Å². The first kappa shape index (κ1) is 14.8. The molecule has 0 saturated carbocycles. The van der Waals surface area contributed by atoms with Gasteiger partial charge in [-0.3, -0.25) is 19.5 Å². The molecule has 0 bridgehead atoms. The minimum Gasteiger partial charge on any atom is -0.462 e. The van der Waals surface area contributed by atoms with E-state index in [0.717, 1.165) is 22.9 Å². The zero-order chi connectivity index (χ0) is 14.4. The van der Waals surface area contributed by atoms with Crippen LogP contribution in [0.5, 0.6) is 0 Å². The van der Waals surface area contributed by atoms with Gasteiger partial charge in [-0.2, -0.15) is 0 Å². The van der Waals surface area contributed by atoms with E-state index in [4.69, 9.17) is 9.47 Å². The van der Waals surface area contributed by atoms with Gasteiger partial charge in [-0.25, -0.2) is 4.79 Å². The highest BCUT2D eigenvalue weighted by atomic mass is 16.6. The molecule has 0 aliphatic heterocycles. The second-order valence-corrected chi connectivity index (χ2v) is 3.73. The fourth-order valence-corrected chi connectivity index (χ4v) is 1.36. The Morgan fingerprint density at radius 2 is 2.16 bits per heavy atom. The first-order chi connectivity index (χ1) is 8.97. The number of methoxy groups -OCH3 is 1. The molecule has 0 aromatic carbocycles. The number of esters is 1. The van der Waals surface area contributed by atoms with Gasteiger partial charge in [0.2, 0.25) is 0 Å². The van der Waals surface area contributed by atoms with Crippen LogP contribution >= 0.6 is 0 Å². The molecule has 104 valence electrons. The zero-order valence-electron chi connectivity index (χ0n) is 10.6. The Balaban J connectivity index is 2.89. The lowest BCUT2D eigenvalue weighted by atomic mass is 10.3. The number of ether oxygens (including phenoxy) is 2. The van der Waals surface area contributed by atoms with E-state index in [-0.39, 0.29) is 18.9 Å². The first-order valence-corrected chi connectivity index (χ1v) is 5.49. The Morgan fingerprint density at radius 1 is 1.47 bits per heavy atom. The fourth-order valence-electron chi connectivity index (χ4n) is 1.36. The van der Waals surface area contributed by atoms with Gasteiger partial charge in [0.05, 0.1) is 17.7 Å². The summed E-state index contributed by atoms with van der Waals surface area (Å²) in [6, 6.07) is 1.18. The van der Waals surface area contributed by atoms with Gasteiger partial charge in [0.1, 0.15) is 12.6 Å². The highest BCUT2D eigenvalue weighted by molar-refractivity contribution is 5.73. The fraction of sp³-hybridized carbons (Fsp3) is 0.455. The summed E-state index contributed by atoms with van der Waals surface area (Å²) in [5.41, 5.74) is -0.780. The molecule has 1 rings (SSSR count). The van der Waals surface area contributed by atoms with Crippen LogP contribution in [0.4, 0.5) is 5.69 Å². The largest absolute Gasteiger partial charge is 0.462 e. The van der Waals surface area contributed by atoms with Crippen LogP contribution in [0.2, 0.25) is 0 Å². The molecular weight excluding hydrogens is 256 g/mol. The van der Waals surface area contributed by atoms with Crippen molar-refractivity contribution in [3.8, 4) is 0 Å². The average Bonchev–Trinajstić information content (AvgIpc) is 2.38. The number of rotatable bonds is 6. The average molecular weight is 270 g/mol. The summed E-state index contributed by atoms with van der Waals surface area (Å²) in [5.74, 6) is -0.653. The van der Waals surface area contributed by atoms with Gasteiger partial charge in [-0.05, 0) is 6.92 Å². The topological polar surface area (TPSA) is 101 Å². The summed E-state index contributed by atoms with van der Waals surface area (Å²) in [5, 5.41) is 10.6. The molecule has 0 amide bonds. The van der Waals surface area contributed by atoms with Crippen molar-refractivity contribution in [1.29, 1.82) is 0 Å². The molecule has 1 heterocycles. The summed E-state index contributed by atoms with van der Waals surface area (Å²) in [4.78, 5) is 33.2. The number of aromatic nitrogens is 1. The third-order valence-corrected chi connectivity index (χ3v) is 2.42. The lowest BCUT2D eigenvalue weighted by molar-refractivity contribution is -0.385. The van der Waals surface area contributed by atoms with E-state index in [1.807, 2.05) is 0 Å². The molecule has 0 N–H and O–H groups in total. The quantitative estimate of drug-likeness (QED) is 0.323. The number of nitrogens with zero attached hydrogens (tertiary/aromatic N) is 2. The molecule has 1 atom stereocenters. The SMILES string of the molecule is COCCOC(=O)C(C)n1cc([N+](=O)[O-])ccc1=O. The Bertz CT molecular complexity index is 524. The van der Waals surface area contributed by atoms with Crippen molar-refractivity contribution in [2.24, 2.45) is 0 Å². The summed E-state index contributed by atoms with van der Waals surface area (Å²) in [6.07, 6.45) is 1.02. The van der Waals surface area contributed by atoms with Crippen molar-refractivity contribution in [1.82, 2.24) is 4.57 Å². The van der Waals surface area contributed by atoms with E-state index in [1.54, 1.807) is 0 Å². The maximum absolute atomic E-state index is 11.6. The molecule has 1 aromatic heterocycles. The second kappa shape index (κ2) is 6.64. The van der Waals surface area contributed by atoms with Crippen molar-refractivity contribution < 1.29 is 19.2 Å². The van der Waals surface area contributed by atoms with Crippen LogP contribution in [-0.2, 0) is 14.3 Å². The molecule has 1 unspecified atom stereocenters. The van der Waals surface area contributed by atoms with Gasteiger partial charge >= 0.3 is 5.97 Å². The van der Waals surface area contributed by atoms with Crippen LogP contribution in [0.3, 0.4) is 0 Å². The normalized spacial score (nSPS) is 11.9. The number of nitro groups is 1. The Labute approximate surface area is 108 Å². The van der Waals surface area contributed by atoms with Crippen molar-refractivity contribution in [3.63, 3.8) is 0 Å². The standard InChI is InChI=1S/C11H14N2O6/c1-8(11(15)19-6-5-18-2)12-7-9(13(16)17)3-4-10(12)14/h3-4,7-8H,5-6H2,1-2H3. The van der Waals surface area contributed by atoms with E-state index in [0.29, 0.717) is 0 Å². The highest BCUT2D eigenvalue weighted by Crippen LogP contribution is 2.11. The van der Waals surface area contributed by atoms with Crippen LogP contribution < -0.4 is 5.56 Å². The summed E-state index contributed by atoms with van der Waals surface area (Å²) >= 11 is 0. The van der Waals surface area contributed by atoms with Gasteiger partial charge in [0.25, 0.3) is 11.2 Å². The molecular formula is C11H14N2O6. The zero-order valence-corrected chi connectivity index (χ0v) is 10.6. The van der Waals surface area contributed by atoms with Crippen LogP contribution in [0.15, 0.2) is 23.1 Å². The molecule has 0 radical (unpaired) electrons. The van der Waals surface area contributed by atoms with Gasteiger partial charge in [0, 0.05) is 19.2 Å². The van der Waals surface area contributed by atoms with Crippen molar-refractivity contribution in [2.45, 2.75) is 13.0 Å². The third kappa shape index (κ3) is 3.88. The maximum Gasteiger partial charge on any atom is 0.329 e. The third-order valence-electron chi connectivity index (χ3n) is 2.42. The van der Waals surface area contributed by atoms with Crippen LogP contribution in [0.25, 0.3) is 0 Å². The van der Waals surface area contributed by atoms with E-state index in [9.17, 15) is 19.7 Å². The molecule has 0 aliphatic rings. The highest BCUT2D eigenvalue weighted by Gasteiger charge is 2.19. The first-order valence-electron chi connectivity index (χ1n) is 5.49. The molecule has 1 aromatic rings. The predicted molar refractivity (Wildman–Crippen MR) is 64.9 cm³/mol. The molecule has 0 fully saturated rings. The van der Waals surface area contributed by atoms with E-state index in [2.05, 4.69) is 0 Å². The van der Waals surface area contributed by atoms with Crippen molar-refractivity contribution in [2.75, 3.05) is 20.3 Å². The van der Waals surface area contributed by atoms with Crippen LogP contribution in [0, 0.1) is 10.1 Å². The molecule has 19 heavy (non-hydrogen) atoms. The van der Waals surface area contributed by atoms with Gasteiger partial charge in [0.15, 0.2) is 0 Å². The monoisotopic (exact) mass is 270 g/mol. The van der Waals surface area contributed by atoms with E-state index >= 15 is 0 Å². The van der Waals surface area contributed by atoms with Crippen LogP contribution in [-0.4, -0.2) is 35.8 Å². The number of carbonyl (C=O) groups is 1. The van der Waals surface area contributed by atoms with Gasteiger partial charge in [-0.1, -0.05) is 0 Å². The summed E-state index contributed by atoms with van der Waals surface area (Å²) in [7, 11) is 1.46. The number of hydrogen-bond acceptors (Lipinski definition) is 6. The Hall–Kier alpha value is -2.22. The molecule has 0 spiro atoms. The lowest BCUT2D eigenvalue weighted by Gasteiger charge is -2.13. The van der Waals surface area contributed by atoms with Crippen LogP contribution in [0.1, 0.15) is 13.0 Å². The molecule has 8 heteroatoms. The predicted octanol–water partition coefficient (Wildman–Crippen LogP) is 0.507. The van der Waals surface area contributed by atoms with E-state index < -0.39 is 22.5 Å². The smallest absolute Gasteiger partial charge is 0.329 e. The Kier molecular flexibility index (Phi) is 5.19. The van der Waals surface area contributed by atoms with Crippen molar-refractivity contribution in [3.05, 3.63) is 38.8 Å². The maximum atomic E-state index is 11.6. The van der Waals surface area contributed by atoms with Gasteiger partial charge in [-0.15, -0.1) is 0 Å². The Morgan fingerprint density at radius 3 is 2.74 bits per heavy atom. The number of carbonyl (C=O) groups excluding carboxylic acids is 1. The summed E-state index contributed by atoms with van der Waals surface area (Å²) < 4.78 is 10.5. The van der Waals surface area contributed by atoms with Crippen molar-refractivity contribution >= 4 is 11.7 Å².